The number of ether oxygens (including phenoxy) is 1. The molecule has 0 aliphatic carbocycles. The molecule has 142 valence electrons. The summed E-state index contributed by atoms with van der Waals surface area (Å²) in [5, 5.41) is 5.94. The number of nitrogens with one attached hydrogen (secondary N) is 2. The molecule has 0 radical (unpaired) electrons. The van der Waals surface area contributed by atoms with E-state index in [2.05, 4.69) is 15.6 Å². The summed E-state index contributed by atoms with van der Waals surface area (Å²) in [5.74, 6) is -0.199. The van der Waals surface area contributed by atoms with E-state index in [-0.39, 0.29) is 12.5 Å². The quantitative estimate of drug-likeness (QED) is 0.617. The number of amides is 1. The fourth-order valence-electron chi connectivity index (χ4n) is 2.65. The molecule has 28 heavy (non-hydrogen) atoms. The third-order valence-corrected chi connectivity index (χ3v) is 3.99. The van der Waals surface area contributed by atoms with Crippen LogP contribution in [0.3, 0.4) is 0 Å². The normalized spacial score (nSPS) is 10.2. The molecule has 0 saturated carbocycles. The minimum Gasteiger partial charge on any atom is -0.462 e. The van der Waals surface area contributed by atoms with Crippen molar-refractivity contribution < 1.29 is 14.3 Å². The lowest BCUT2D eigenvalue weighted by atomic mass is 10.1. The Bertz CT molecular complexity index is 984. The number of rotatable bonds is 6. The first-order valence-electron chi connectivity index (χ1n) is 8.94. The van der Waals surface area contributed by atoms with Crippen LogP contribution in [0.5, 0.6) is 0 Å². The van der Waals surface area contributed by atoms with Crippen LogP contribution in [0.15, 0.2) is 66.9 Å². The highest BCUT2D eigenvalue weighted by Crippen LogP contribution is 2.19. The molecule has 0 fully saturated rings. The summed E-state index contributed by atoms with van der Waals surface area (Å²) in [7, 11) is 0. The predicted octanol–water partition coefficient (Wildman–Crippen LogP) is 4.56. The van der Waals surface area contributed by atoms with Gasteiger partial charge in [0.05, 0.1) is 23.4 Å². The molecular formula is C22H21N3O3. The maximum Gasteiger partial charge on any atom is 0.340 e. The highest BCUT2D eigenvalue weighted by molar-refractivity contribution is 6.07. The van der Waals surface area contributed by atoms with Gasteiger partial charge in [-0.15, -0.1) is 0 Å². The first kappa shape index (κ1) is 19.1. The number of carbonyl (C=O) groups excluding carboxylic acids is 2. The highest BCUT2D eigenvalue weighted by atomic mass is 16.5. The summed E-state index contributed by atoms with van der Waals surface area (Å²) in [5.41, 5.74) is 3.15. The second-order valence-corrected chi connectivity index (χ2v) is 6.15. The molecule has 0 bridgehead atoms. The molecule has 0 aliphatic heterocycles. The number of pyridine rings is 1. The van der Waals surface area contributed by atoms with Gasteiger partial charge in [0.15, 0.2) is 0 Å². The van der Waals surface area contributed by atoms with Crippen molar-refractivity contribution in [1.82, 2.24) is 4.98 Å². The summed E-state index contributed by atoms with van der Waals surface area (Å²) in [6.07, 6.45) is 1.49. The van der Waals surface area contributed by atoms with Crippen molar-refractivity contribution >= 4 is 29.1 Å². The molecular weight excluding hydrogens is 354 g/mol. The van der Waals surface area contributed by atoms with Gasteiger partial charge in [0.2, 0.25) is 0 Å². The van der Waals surface area contributed by atoms with Crippen molar-refractivity contribution in [1.29, 1.82) is 0 Å². The van der Waals surface area contributed by atoms with Gasteiger partial charge in [0.1, 0.15) is 5.82 Å². The minimum absolute atomic E-state index is 0.264. The SMILES string of the molecule is CCOC(=O)c1ccccc1NC(=O)c1ccc(Nc2cccc(C)c2)nc1. The van der Waals surface area contributed by atoms with Gasteiger partial charge in [-0.25, -0.2) is 9.78 Å². The van der Waals surface area contributed by atoms with E-state index < -0.39 is 5.97 Å². The highest BCUT2D eigenvalue weighted by Gasteiger charge is 2.15. The number of aromatic nitrogens is 1. The van der Waals surface area contributed by atoms with E-state index in [9.17, 15) is 9.59 Å². The number of carbonyl (C=O) groups is 2. The van der Waals surface area contributed by atoms with Crippen molar-refractivity contribution in [2.75, 3.05) is 17.2 Å². The smallest absolute Gasteiger partial charge is 0.340 e. The summed E-state index contributed by atoms with van der Waals surface area (Å²) in [4.78, 5) is 28.9. The summed E-state index contributed by atoms with van der Waals surface area (Å²) >= 11 is 0. The van der Waals surface area contributed by atoms with Gasteiger partial charge in [-0.05, 0) is 55.8 Å². The molecule has 0 saturated heterocycles. The van der Waals surface area contributed by atoms with Gasteiger partial charge in [-0.1, -0.05) is 24.3 Å². The number of hydrogen-bond acceptors (Lipinski definition) is 5. The first-order valence-corrected chi connectivity index (χ1v) is 8.94. The van der Waals surface area contributed by atoms with Crippen LogP contribution in [-0.4, -0.2) is 23.5 Å². The number of anilines is 3. The Hall–Kier alpha value is -3.67. The first-order chi connectivity index (χ1) is 13.6. The van der Waals surface area contributed by atoms with Gasteiger partial charge in [-0.2, -0.15) is 0 Å². The number of hydrogen-bond donors (Lipinski definition) is 2. The molecule has 6 heteroatoms. The maximum absolute atomic E-state index is 12.5. The lowest BCUT2D eigenvalue weighted by Gasteiger charge is -2.11. The van der Waals surface area contributed by atoms with Crippen molar-refractivity contribution in [2.45, 2.75) is 13.8 Å². The van der Waals surface area contributed by atoms with Crippen LogP contribution in [-0.2, 0) is 4.74 Å². The Balaban J connectivity index is 1.71. The molecule has 0 atom stereocenters. The number of benzene rings is 2. The Morgan fingerprint density at radius 3 is 2.57 bits per heavy atom. The van der Waals surface area contributed by atoms with Crippen molar-refractivity contribution in [3.8, 4) is 0 Å². The van der Waals surface area contributed by atoms with E-state index in [1.54, 1.807) is 43.3 Å². The second kappa shape index (κ2) is 8.81. The molecule has 3 rings (SSSR count). The lowest BCUT2D eigenvalue weighted by Crippen LogP contribution is -2.16. The third kappa shape index (κ3) is 4.73. The lowest BCUT2D eigenvalue weighted by molar-refractivity contribution is 0.0527. The second-order valence-electron chi connectivity index (χ2n) is 6.15. The Morgan fingerprint density at radius 2 is 1.86 bits per heavy atom. The van der Waals surface area contributed by atoms with Crippen molar-refractivity contribution in [3.63, 3.8) is 0 Å². The van der Waals surface area contributed by atoms with Gasteiger partial charge < -0.3 is 15.4 Å². The minimum atomic E-state index is -0.478. The van der Waals surface area contributed by atoms with Crippen LogP contribution in [0.1, 0.15) is 33.2 Å². The largest absolute Gasteiger partial charge is 0.462 e. The number of para-hydroxylation sites is 1. The van der Waals surface area contributed by atoms with Crippen LogP contribution in [0.4, 0.5) is 17.2 Å². The molecule has 6 nitrogen and oxygen atoms in total. The molecule has 2 N–H and O–H groups in total. The molecule has 1 amide bonds. The molecule has 2 aromatic carbocycles. The number of esters is 1. The number of aryl methyl sites for hydroxylation is 1. The standard InChI is InChI=1S/C22H21N3O3/c1-3-28-22(27)18-9-4-5-10-19(18)25-21(26)16-11-12-20(23-14-16)24-17-8-6-7-15(2)13-17/h4-14H,3H2,1-2H3,(H,23,24)(H,25,26). The Kier molecular flexibility index (Phi) is 6.01. The van der Waals surface area contributed by atoms with Crippen LogP contribution < -0.4 is 10.6 Å². The summed E-state index contributed by atoms with van der Waals surface area (Å²) < 4.78 is 5.03. The fourth-order valence-corrected chi connectivity index (χ4v) is 2.65. The third-order valence-electron chi connectivity index (χ3n) is 3.99. The van der Waals surface area contributed by atoms with Crippen LogP contribution in [0.2, 0.25) is 0 Å². The van der Waals surface area contributed by atoms with E-state index >= 15 is 0 Å². The van der Waals surface area contributed by atoms with E-state index in [4.69, 9.17) is 4.74 Å². The van der Waals surface area contributed by atoms with E-state index in [0.29, 0.717) is 22.6 Å². The van der Waals surface area contributed by atoms with Crippen molar-refractivity contribution in [2.24, 2.45) is 0 Å². The molecule has 0 spiro atoms. The zero-order valence-electron chi connectivity index (χ0n) is 15.7. The molecule has 1 aromatic heterocycles. The molecule has 0 unspecified atom stereocenters. The average Bonchev–Trinajstić information content (AvgIpc) is 2.69. The molecule has 0 aliphatic rings. The zero-order valence-corrected chi connectivity index (χ0v) is 15.7. The van der Waals surface area contributed by atoms with Crippen LogP contribution >= 0.6 is 0 Å². The molecule has 3 aromatic rings. The molecule has 1 heterocycles. The van der Waals surface area contributed by atoms with Crippen molar-refractivity contribution in [3.05, 3.63) is 83.6 Å². The van der Waals surface area contributed by atoms with Crippen LogP contribution in [0.25, 0.3) is 0 Å². The van der Waals surface area contributed by atoms with Gasteiger partial charge in [0, 0.05) is 11.9 Å². The van der Waals surface area contributed by atoms with Crippen LogP contribution in [0, 0.1) is 6.92 Å². The summed E-state index contributed by atoms with van der Waals surface area (Å²) in [6, 6.07) is 18.1. The average molecular weight is 375 g/mol. The monoisotopic (exact) mass is 375 g/mol. The predicted molar refractivity (Wildman–Crippen MR) is 109 cm³/mol. The number of nitrogens with zero attached hydrogens (tertiary/aromatic N) is 1. The Morgan fingerprint density at radius 1 is 1.04 bits per heavy atom. The van der Waals surface area contributed by atoms with Gasteiger partial charge in [-0.3, -0.25) is 4.79 Å². The topological polar surface area (TPSA) is 80.3 Å². The summed E-state index contributed by atoms with van der Waals surface area (Å²) in [6.45, 7) is 4.01. The van der Waals surface area contributed by atoms with E-state index in [0.717, 1.165) is 11.3 Å². The zero-order chi connectivity index (χ0) is 19.9. The van der Waals surface area contributed by atoms with E-state index in [1.807, 2.05) is 31.2 Å². The van der Waals surface area contributed by atoms with E-state index in [1.165, 1.54) is 6.20 Å². The van der Waals surface area contributed by atoms with Gasteiger partial charge >= 0.3 is 5.97 Å². The van der Waals surface area contributed by atoms with Gasteiger partial charge in [0.25, 0.3) is 5.91 Å². The maximum atomic E-state index is 12.5. The fraction of sp³-hybridized carbons (Fsp3) is 0.136. The Labute approximate surface area is 163 Å².